The minimum atomic E-state index is -0.806. The lowest BCUT2D eigenvalue weighted by molar-refractivity contribution is -0.162. The molecule has 0 aromatic rings. The van der Waals surface area contributed by atoms with Crippen molar-refractivity contribution in [1.29, 1.82) is 0 Å². The number of carbonyl (C=O) groups is 1. The summed E-state index contributed by atoms with van der Waals surface area (Å²) in [6, 6.07) is 0. The van der Waals surface area contributed by atoms with Crippen LogP contribution in [0.2, 0.25) is 0 Å². The van der Waals surface area contributed by atoms with Crippen LogP contribution in [-0.4, -0.2) is 25.3 Å². The van der Waals surface area contributed by atoms with Gasteiger partial charge in [-0.3, -0.25) is 4.79 Å². The summed E-state index contributed by atoms with van der Waals surface area (Å²) in [5.41, 5.74) is 5.05. The number of nitrogens with two attached hydrogens (primary N) is 1. The topological polar surface area (TPSA) is 61.5 Å². The van der Waals surface area contributed by atoms with Crippen molar-refractivity contribution in [2.75, 3.05) is 13.2 Å². The van der Waals surface area contributed by atoms with Gasteiger partial charge in [-0.25, -0.2) is 0 Å². The highest BCUT2D eigenvalue weighted by Crippen LogP contribution is 1.97. The molecule has 0 fully saturated rings. The fraction of sp³-hybridized carbons (Fsp3) is 0.625. The molecule has 0 aliphatic carbocycles. The quantitative estimate of drug-likeness (QED) is 0.467. The van der Waals surface area contributed by atoms with E-state index in [1.165, 1.54) is 12.3 Å². The standard InChI is InChI=1S/C8H15NO3/c1-3-11-8(12-4-2)7(10)5-6-9/h5-6,8H,3-4,9H2,1-2H3/b6-5-. The van der Waals surface area contributed by atoms with Gasteiger partial charge in [0.25, 0.3) is 0 Å². The fourth-order valence-electron chi connectivity index (χ4n) is 0.689. The molecule has 0 atom stereocenters. The first-order valence-electron chi connectivity index (χ1n) is 3.91. The molecule has 0 saturated carbocycles. The van der Waals surface area contributed by atoms with Crippen LogP contribution in [0.3, 0.4) is 0 Å². The molecule has 0 unspecified atom stereocenters. The summed E-state index contributed by atoms with van der Waals surface area (Å²) >= 11 is 0. The van der Waals surface area contributed by atoms with Crippen LogP contribution in [0.4, 0.5) is 0 Å². The number of rotatable bonds is 6. The van der Waals surface area contributed by atoms with E-state index in [2.05, 4.69) is 0 Å². The van der Waals surface area contributed by atoms with Crippen molar-refractivity contribution in [2.45, 2.75) is 20.1 Å². The summed E-state index contributed by atoms with van der Waals surface area (Å²) in [7, 11) is 0. The van der Waals surface area contributed by atoms with Crippen LogP contribution < -0.4 is 5.73 Å². The zero-order valence-corrected chi connectivity index (χ0v) is 7.45. The van der Waals surface area contributed by atoms with Gasteiger partial charge in [0, 0.05) is 19.3 Å². The van der Waals surface area contributed by atoms with Gasteiger partial charge < -0.3 is 15.2 Å². The molecule has 0 amide bonds. The Hall–Kier alpha value is -0.870. The Morgan fingerprint density at radius 3 is 2.25 bits per heavy atom. The van der Waals surface area contributed by atoms with Gasteiger partial charge in [-0.2, -0.15) is 0 Å². The van der Waals surface area contributed by atoms with Crippen molar-refractivity contribution in [3.05, 3.63) is 12.3 Å². The molecule has 2 N–H and O–H groups in total. The molecule has 4 heteroatoms. The lowest BCUT2D eigenvalue weighted by atomic mass is 10.3. The van der Waals surface area contributed by atoms with E-state index in [1.807, 2.05) is 0 Å². The average Bonchev–Trinajstić information content (AvgIpc) is 2.04. The maximum absolute atomic E-state index is 11.1. The molecular formula is C8H15NO3. The zero-order chi connectivity index (χ0) is 9.40. The average molecular weight is 173 g/mol. The van der Waals surface area contributed by atoms with Gasteiger partial charge >= 0.3 is 0 Å². The van der Waals surface area contributed by atoms with Crippen LogP contribution in [0, 0.1) is 0 Å². The predicted octanol–water partition coefficient (Wildman–Crippen LogP) is 0.427. The normalized spacial score (nSPS) is 11.2. The fourth-order valence-corrected chi connectivity index (χ4v) is 0.689. The highest BCUT2D eigenvalue weighted by Gasteiger charge is 2.14. The van der Waals surface area contributed by atoms with Crippen LogP contribution in [-0.2, 0) is 14.3 Å². The van der Waals surface area contributed by atoms with Gasteiger partial charge in [-0.15, -0.1) is 0 Å². The first-order chi connectivity index (χ1) is 5.76. The van der Waals surface area contributed by atoms with E-state index in [0.29, 0.717) is 13.2 Å². The monoisotopic (exact) mass is 173 g/mol. The first kappa shape index (κ1) is 11.1. The molecule has 70 valence electrons. The molecule has 0 spiro atoms. The van der Waals surface area contributed by atoms with Crippen molar-refractivity contribution in [3.8, 4) is 0 Å². The molecule has 4 nitrogen and oxygen atoms in total. The van der Waals surface area contributed by atoms with E-state index in [4.69, 9.17) is 15.2 Å². The molecule has 0 radical (unpaired) electrons. The third-order valence-corrected chi connectivity index (χ3v) is 1.13. The van der Waals surface area contributed by atoms with E-state index >= 15 is 0 Å². The second-order valence-electron chi connectivity index (χ2n) is 2.00. The van der Waals surface area contributed by atoms with Gasteiger partial charge in [0.1, 0.15) is 0 Å². The van der Waals surface area contributed by atoms with Gasteiger partial charge in [0.05, 0.1) is 0 Å². The summed E-state index contributed by atoms with van der Waals surface area (Å²) in [5, 5.41) is 0. The van der Waals surface area contributed by atoms with Crippen LogP contribution in [0.25, 0.3) is 0 Å². The van der Waals surface area contributed by atoms with E-state index in [1.54, 1.807) is 13.8 Å². The highest BCUT2D eigenvalue weighted by molar-refractivity contribution is 5.92. The maximum Gasteiger partial charge on any atom is 0.222 e. The van der Waals surface area contributed by atoms with Gasteiger partial charge in [0.2, 0.25) is 12.1 Å². The van der Waals surface area contributed by atoms with Gasteiger partial charge in [0.15, 0.2) is 0 Å². The smallest absolute Gasteiger partial charge is 0.222 e. The molecule has 12 heavy (non-hydrogen) atoms. The maximum atomic E-state index is 11.1. The SMILES string of the molecule is CCOC(OCC)C(=O)/C=C\N. The second kappa shape index (κ2) is 6.82. The van der Waals surface area contributed by atoms with Crippen molar-refractivity contribution < 1.29 is 14.3 Å². The molecule has 0 aromatic heterocycles. The summed E-state index contributed by atoms with van der Waals surface area (Å²) in [6.45, 7) is 4.47. The highest BCUT2D eigenvalue weighted by atomic mass is 16.7. The first-order valence-corrected chi connectivity index (χ1v) is 3.91. The predicted molar refractivity (Wildman–Crippen MR) is 45.4 cm³/mol. The lowest BCUT2D eigenvalue weighted by Gasteiger charge is -2.12. The number of ether oxygens (including phenoxy) is 2. The van der Waals surface area contributed by atoms with Crippen LogP contribution in [0.15, 0.2) is 12.3 Å². The van der Waals surface area contributed by atoms with Gasteiger partial charge in [-0.05, 0) is 20.0 Å². The number of hydrogen-bond donors (Lipinski definition) is 1. The minimum Gasteiger partial charge on any atom is -0.404 e. The molecule has 0 rings (SSSR count). The largest absolute Gasteiger partial charge is 0.404 e. The Balaban J connectivity index is 3.98. The van der Waals surface area contributed by atoms with Gasteiger partial charge in [-0.1, -0.05) is 0 Å². The van der Waals surface area contributed by atoms with Crippen molar-refractivity contribution in [1.82, 2.24) is 0 Å². The van der Waals surface area contributed by atoms with Crippen LogP contribution in [0.5, 0.6) is 0 Å². The van der Waals surface area contributed by atoms with E-state index < -0.39 is 6.29 Å². The number of carbonyl (C=O) groups excluding carboxylic acids is 1. The zero-order valence-electron chi connectivity index (χ0n) is 7.45. The number of hydrogen-bond acceptors (Lipinski definition) is 4. The van der Waals surface area contributed by atoms with Crippen molar-refractivity contribution in [2.24, 2.45) is 5.73 Å². The minimum absolute atomic E-state index is 0.263. The summed E-state index contributed by atoms with van der Waals surface area (Å²) in [4.78, 5) is 11.1. The molecule has 0 saturated heterocycles. The molecule has 0 heterocycles. The van der Waals surface area contributed by atoms with Crippen LogP contribution in [0.1, 0.15) is 13.8 Å². The molecule has 0 aliphatic rings. The van der Waals surface area contributed by atoms with E-state index in [9.17, 15) is 4.79 Å². The summed E-state index contributed by atoms with van der Waals surface area (Å²) in [6.07, 6.45) is 1.60. The van der Waals surface area contributed by atoms with E-state index in [0.717, 1.165) is 0 Å². The molecule has 0 aliphatic heterocycles. The summed E-state index contributed by atoms with van der Waals surface area (Å²) in [5.74, 6) is -0.263. The third kappa shape index (κ3) is 4.10. The molecule has 0 bridgehead atoms. The Morgan fingerprint density at radius 2 is 1.92 bits per heavy atom. The Morgan fingerprint density at radius 1 is 1.42 bits per heavy atom. The van der Waals surface area contributed by atoms with Crippen molar-refractivity contribution in [3.63, 3.8) is 0 Å². The molecule has 0 aromatic carbocycles. The Kier molecular flexibility index (Phi) is 6.32. The summed E-state index contributed by atoms with van der Waals surface area (Å²) < 4.78 is 10.0. The lowest BCUT2D eigenvalue weighted by Crippen LogP contribution is -2.26. The van der Waals surface area contributed by atoms with Crippen molar-refractivity contribution >= 4 is 5.78 Å². The molecular weight excluding hydrogens is 158 g/mol. The third-order valence-electron chi connectivity index (χ3n) is 1.13. The second-order valence-corrected chi connectivity index (χ2v) is 2.00. The van der Waals surface area contributed by atoms with E-state index in [-0.39, 0.29) is 5.78 Å². The Labute approximate surface area is 72.3 Å². The Bertz CT molecular complexity index is 150. The van der Waals surface area contributed by atoms with Crippen LogP contribution >= 0.6 is 0 Å². The number of ketones is 1.